The standard InChI is InChI=1S/C21H39N3O2/c1-19(2)12-17(13-20(3,4)22-19)23(5)15-21(26)10-7-11-24(18(21)25)14-16-8-6-9-16/h16-17,22,26H,6-15H2,1-5H3. The molecule has 3 aliphatic rings. The highest BCUT2D eigenvalue weighted by Gasteiger charge is 2.46. The molecule has 1 atom stereocenters. The molecule has 2 heterocycles. The van der Waals surface area contributed by atoms with Gasteiger partial charge in [-0.15, -0.1) is 0 Å². The van der Waals surface area contributed by atoms with Gasteiger partial charge in [0.15, 0.2) is 5.60 Å². The van der Waals surface area contributed by atoms with Crippen molar-refractivity contribution < 1.29 is 9.90 Å². The third kappa shape index (κ3) is 4.42. The van der Waals surface area contributed by atoms with Gasteiger partial charge >= 0.3 is 0 Å². The molecule has 1 amide bonds. The van der Waals surface area contributed by atoms with Crippen LogP contribution in [0.3, 0.4) is 0 Å². The Hall–Kier alpha value is -0.650. The SMILES string of the molecule is CN(CC1(O)CCCN(CC2CCC2)C1=O)C1CC(C)(C)NC(C)(C)C1. The van der Waals surface area contributed by atoms with E-state index < -0.39 is 5.60 Å². The summed E-state index contributed by atoms with van der Waals surface area (Å²) in [4.78, 5) is 17.2. The van der Waals surface area contributed by atoms with E-state index in [1.165, 1.54) is 19.3 Å². The van der Waals surface area contributed by atoms with Crippen LogP contribution < -0.4 is 5.32 Å². The Morgan fingerprint density at radius 2 is 1.77 bits per heavy atom. The number of hydrogen-bond acceptors (Lipinski definition) is 4. The third-order valence-electron chi connectivity index (χ3n) is 6.71. The molecule has 0 aromatic carbocycles. The minimum Gasteiger partial charge on any atom is -0.379 e. The Morgan fingerprint density at radius 1 is 1.15 bits per heavy atom. The van der Waals surface area contributed by atoms with Crippen LogP contribution in [0.1, 0.15) is 72.6 Å². The largest absolute Gasteiger partial charge is 0.379 e. The number of amides is 1. The van der Waals surface area contributed by atoms with E-state index in [0.717, 1.165) is 32.4 Å². The lowest BCUT2D eigenvalue weighted by Gasteiger charge is -2.50. The van der Waals surface area contributed by atoms with Crippen molar-refractivity contribution in [1.82, 2.24) is 15.1 Å². The van der Waals surface area contributed by atoms with Gasteiger partial charge in [-0.2, -0.15) is 0 Å². The van der Waals surface area contributed by atoms with Gasteiger partial charge in [0.2, 0.25) is 0 Å². The lowest BCUT2D eigenvalue weighted by Crippen LogP contribution is -2.64. The summed E-state index contributed by atoms with van der Waals surface area (Å²) >= 11 is 0. The van der Waals surface area contributed by atoms with Crippen LogP contribution in [0.5, 0.6) is 0 Å². The lowest BCUT2D eigenvalue weighted by molar-refractivity contribution is -0.161. The van der Waals surface area contributed by atoms with Crippen LogP contribution in [-0.2, 0) is 4.79 Å². The lowest BCUT2D eigenvalue weighted by atomic mass is 9.78. The van der Waals surface area contributed by atoms with E-state index in [1.807, 2.05) is 4.90 Å². The number of carbonyl (C=O) groups is 1. The highest BCUT2D eigenvalue weighted by Crippen LogP contribution is 2.34. The van der Waals surface area contributed by atoms with Gasteiger partial charge in [-0.3, -0.25) is 9.69 Å². The van der Waals surface area contributed by atoms with E-state index in [1.54, 1.807) is 0 Å². The zero-order valence-corrected chi connectivity index (χ0v) is 17.5. The minimum absolute atomic E-state index is 0.0324. The predicted octanol–water partition coefficient (Wildman–Crippen LogP) is 2.38. The number of likely N-dealkylation sites (N-methyl/N-ethyl adjacent to an activating group) is 1. The van der Waals surface area contributed by atoms with Crippen LogP contribution in [0.15, 0.2) is 0 Å². The fraction of sp³-hybridized carbons (Fsp3) is 0.952. The summed E-state index contributed by atoms with van der Waals surface area (Å²) in [6.07, 6.45) is 7.33. The van der Waals surface area contributed by atoms with E-state index in [2.05, 4.69) is 45.0 Å². The Bertz CT molecular complexity index is 513. The molecule has 150 valence electrons. The van der Waals surface area contributed by atoms with E-state index in [9.17, 15) is 9.90 Å². The number of nitrogens with one attached hydrogen (secondary N) is 1. The first-order chi connectivity index (χ1) is 12.0. The average molecular weight is 366 g/mol. The minimum atomic E-state index is -1.21. The Labute approximate surface area is 159 Å². The summed E-state index contributed by atoms with van der Waals surface area (Å²) in [6.45, 7) is 11.1. The molecule has 0 spiro atoms. The van der Waals surface area contributed by atoms with Crippen LogP contribution in [0, 0.1) is 5.92 Å². The summed E-state index contributed by atoms with van der Waals surface area (Å²) in [5.74, 6) is 0.625. The second kappa shape index (κ2) is 7.06. The smallest absolute Gasteiger partial charge is 0.255 e. The average Bonchev–Trinajstić information content (AvgIpc) is 2.44. The molecule has 2 saturated heterocycles. The molecule has 1 unspecified atom stereocenters. The van der Waals surface area contributed by atoms with Crippen molar-refractivity contribution in [2.24, 2.45) is 5.92 Å². The molecule has 2 N–H and O–H groups in total. The second-order valence-electron chi connectivity index (χ2n) is 10.6. The maximum atomic E-state index is 13.0. The molecular weight excluding hydrogens is 326 g/mol. The van der Waals surface area contributed by atoms with Crippen molar-refractivity contribution in [2.75, 3.05) is 26.7 Å². The van der Waals surface area contributed by atoms with Crippen molar-refractivity contribution in [1.29, 1.82) is 0 Å². The summed E-state index contributed by atoms with van der Waals surface area (Å²) < 4.78 is 0. The number of carbonyl (C=O) groups excluding carboxylic acids is 1. The van der Waals surface area contributed by atoms with E-state index in [4.69, 9.17) is 0 Å². The second-order valence-corrected chi connectivity index (χ2v) is 10.6. The molecule has 0 aromatic rings. The number of piperidine rings is 2. The monoisotopic (exact) mass is 365 g/mol. The quantitative estimate of drug-likeness (QED) is 0.785. The van der Waals surface area contributed by atoms with Gasteiger partial charge in [-0.1, -0.05) is 6.42 Å². The highest BCUT2D eigenvalue weighted by molar-refractivity contribution is 5.86. The molecule has 1 saturated carbocycles. The van der Waals surface area contributed by atoms with Gasteiger partial charge in [0.05, 0.1) is 0 Å². The maximum absolute atomic E-state index is 13.0. The van der Waals surface area contributed by atoms with Crippen LogP contribution in [-0.4, -0.2) is 70.2 Å². The Kier molecular flexibility index (Phi) is 5.46. The zero-order valence-electron chi connectivity index (χ0n) is 17.5. The fourth-order valence-electron chi connectivity index (χ4n) is 5.49. The van der Waals surface area contributed by atoms with Crippen molar-refractivity contribution in [3.63, 3.8) is 0 Å². The van der Waals surface area contributed by atoms with Crippen LogP contribution in [0.4, 0.5) is 0 Å². The van der Waals surface area contributed by atoms with Gasteiger partial charge in [0.1, 0.15) is 0 Å². The van der Waals surface area contributed by atoms with Crippen molar-refractivity contribution in [3.05, 3.63) is 0 Å². The number of likely N-dealkylation sites (tertiary alicyclic amines) is 1. The highest BCUT2D eigenvalue weighted by atomic mass is 16.3. The number of nitrogens with zero attached hydrogens (tertiary/aromatic N) is 2. The molecule has 0 bridgehead atoms. The molecule has 5 heteroatoms. The predicted molar refractivity (Wildman–Crippen MR) is 105 cm³/mol. The van der Waals surface area contributed by atoms with Crippen molar-refractivity contribution in [2.45, 2.75) is 95.4 Å². The molecule has 3 rings (SSSR count). The first-order valence-electron chi connectivity index (χ1n) is 10.5. The zero-order chi connectivity index (χ0) is 19.2. The first-order valence-corrected chi connectivity index (χ1v) is 10.5. The molecule has 5 nitrogen and oxygen atoms in total. The first kappa shape index (κ1) is 20.1. The topological polar surface area (TPSA) is 55.8 Å². The van der Waals surface area contributed by atoms with Crippen molar-refractivity contribution in [3.8, 4) is 0 Å². The van der Waals surface area contributed by atoms with Gasteiger partial charge in [0.25, 0.3) is 5.91 Å². The van der Waals surface area contributed by atoms with E-state index in [0.29, 0.717) is 24.9 Å². The number of aliphatic hydroxyl groups is 1. The molecular formula is C21H39N3O2. The number of rotatable bonds is 5. The molecule has 2 aliphatic heterocycles. The summed E-state index contributed by atoms with van der Waals surface area (Å²) in [7, 11) is 2.08. The van der Waals surface area contributed by atoms with Gasteiger partial charge in [-0.05, 0) is 79.2 Å². The summed E-state index contributed by atoms with van der Waals surface area (Å²) in [5, 5.41) is 14.9. The summed E-state index contributed by atoms with van der Waals surface area (Å²) in [5.41, 5.74) is -1.08. The summed E-state index contributed by atoms with van der Waals surface area (Å²) in [6, 6.07) is 0.375. The van der Waals surface area contributed by atoms with Crippen LogP contribution >= 0.6 is 0 Å². The Morgan fingerprint density at radius 3 is 2.31 bits per heavy atom. The van der Waals surface area contributed by atoms with Crippen LogP contribution in [0.2, 0.25) is 0 Å². The van der Waals surface area contributed by atoms with Gasteiger partial charge in [0, 0.05) is 36.8 Å². The normalized spacial score (nSPS) is 32.7. The van der Waals surface area contributed by atoms with Crippen molar-refractivity contribution >= 4 is 5.91 Å². The van der Waals surface area contributed by atoms with E-state index in [-0.39, 0.29) is 17.0 Å². The van der Waals surface area contributed by atoms with E-state index >= 15 is 0 Å². The molecule has 1 aliphatic carbocycles. The molecule has 0 aromatic heterocycles. The molecule has 0 radical (unpaired) electrons. The fourth-order valence-corrected chi connectivity index (χ4v) is 5.49. The third-order valence-corrected chi connectivity index (χ3v) is 6.71. The van der Waals surface area contributed by atoms with Crippen LogP contribution in [0.25, 0.3) is 0 Å². The van der Waals surface area contributed by atoms with Gasteiger partial charge in [-0.25, -0.2) is 0 Å². The maximum Gasteiger partial charge on any atom is 0.255 e. The number of hydrogen-bond donors (Lipinski definition) is 2. The molecule has 26 heavy (non-hydrogen) atoms. The van der Waals surface area contributed by atoms with Gasteiger partial charge < -0.3 is 15.3 Å². The Balaban J connectivity index is 1.64. The molecule has 3 fully saturated rings.